The van der Waals surface area contributed by atoms with E-state index in [0.29, 0.717) is 12.1 Å². The fraction of sp³-hybridized carbons (Fsp3) is 0.538. The maximum atomic E-state index is 5.66. The van der Waals surface area contributed by atoms with Crippen molar-refractivity contribution in [2.75, 3.05) is 11.9 Å². The van der Waals surface area contributed by atoms with Gasteiger partial charge in [0.25, 0.3) is 0 Å². The van der Waals surface area contributed by atoms with Gasteiger partial charge in [-0.3, -0.25) is 0 Å². The summed E-state index contributed by atoms with van der Waals surface area (Å²) in [5, 5.41) is 7.61. The molecule has 5 nitrogen and oxygen atoms in total. The Balaban J connectivity index is 1.68. The SMILES string of the molecule is CC(CC1CCCO1)Nc1ccn2ncc(Br)c2n1. The van der Waals surface area contributed by atoms with Gasteiger partial charge in [-0.25, -0.2) is 9.50 Å². The summed E-state index contributed by atoms with van der Waals surface area (Å²) in [5.41, 5.74) is 0.828. The molecule has 1 N–H and O–H groups in total. The topological polar surface area (TPSA) is 51.5 Å². The van der Waals surface area contributed by atoms with Crippen molar-refractivity contribution in [3.8, 4) is 0 Å². The van der Waals surface area contributed by atoms with Gasteiger partial charge < -0.3 is 10.1 Å². The van der Waals surface area contributed by atoms with E-state index in [-0.39, 0.29) is 0 Å². The molecule has 0 aliphatic carbocycles. The fourth-order valence-corrected chi connectivity index (χ4v) is 2.82. The van der Waals surface area contributed by atoms with Gasteiger partial charge >= 0.3 is 0 Å². The lowest BCUT2D eigenvalue weighted by Crippen LogP contribution is -2.22. The number of hydrogen-bond acceptors (Lipinski definition) is 4. The Bertz CT molecular complexity index is 565. The summed E-state index contributed by atoms with van der Waals surface area (Å²) >= 11 is 3.44. The molecule has 1 saturated heterocycles. The number of aromatic nitrogens is 3. The van der Waals surface area contributed by atoms with Crippen molar-refractivity contribution in [2.24, 2.45) is 0 Å². The second kappa shape index (κ2) is 5.46. The number of fused-ring (bicyclic) bond motifs is 1. The Morgan fingerprint density at radius 2 is 2.53 bits per heavy atom. The van der Waals surface area contributed by atoms with Crippen LogP contribution < -0.4 is 5.32 Å². The first-order valence-electron chi connectivity index (χ1n) is 6.60. The molecular weight excluding hydrogens is 308 g/mol. The predicted octanol–water partition coefficient (Wildman–Crippen LogP) is 2.86. The molecule has 0 aromatic carbocycles. The van der Waals surface area contributed by atoms with Crippen molar-refractivity contribution in [1.29, 1.82) is 0 Å². The summed E-state index contributed by atoms with van der Waals surface area (Å²) in [6.45, 7) is 3.07. The molecule has 0 bridgehead atoms. The molecule has 1 aliphatic rings. The third-order valence-corrected chi connectivity index (χ3v) is 3.92. The van der Waals surface area contributed by atoms with Crippen molar-refractivity contribution >= 4 is 27.4 Å². The van der Waals surface area contributed by atoms with Gasteiger partial charge in [0.1, 0.15) is 5.82 Å². The molecule has 2 unspecified atom stereocenters. The Morgan fingerprint density at radius 1 is 1.63 bits per heavy atom. The largest absolute Gasteiger partial charge is 0.378 e. The van der Waals surface area contributed by atoms with Crippen molar-refractivity contribution in [3.63, 3.8) is 0 Å². The number of nitrogens with one attached hydrogen (secondary N) is 1. The van der Waals surface area contributed by atoms with Gasteiger partial charge in [0.15, 0.2) is 5.65 Å². The second-order valence-corrected chi connectivity index (χ2v) is 5.84. The van der Waals surface area contributed by atoms with E-state index < -0.39 is 0 Å². The third kappa shape index (κ3) is 2.90. The van der Waals surface area contributed by atoms with Crippen LogP contribution in [0.3, 0.4) is 0 Å². The second-order valence-electron chi connectivity index (χ2n) is 4.99. The smallest absolute Gasteiger partial charge is 0.171 e. The molecule has 0 saturated carbocycles. The Hall–Kier alpha value is -1.14. The van der Waals surface area contributed by atoms with E-state index in [4.69, 9.17) is 4.74 Å². The van der Waals surface area contributed by atoms with Gasteiger partial charge in [0.05, 0.1) is 16.8 Å². The zero-order valence-corrected chi connectivity index (χ0v) is 12.4. The maximum Gasteiger partial charge on any atom is 0.171 e. The van der Waals surface area contributed by atoms with Crippen LogP contribution in [0.2, 0.25) is 0 Å². The van der Waals surface area contributed by atoms with Gasteiger partial charge in [-0.2, -0.15) is 5.10 Å². The van der Waals surface area contributed by atoms with Crippen molar-refractivity contribution < 1.29 is 4.74 Å². The summed E-state index contributed by atoms with van der Waals surface area (Å²) in [6.07, 6.45) is 7.44. The number of nitrogens with zero attached hydrogens (tertiary/aromatic N) is 3. The molecule has 0 spiro atoms. The number of halogens is 1. The number of anilines is 1. The van der Waals surface area contributed by atoms with Gasteiger partial charge in [-0.1, -0.05) is 0 Å². The van der Waals surface area contributed by atoms with Crippen molar-refractivity contribution in [2.45, 2.75) is 38.3 Å². The summed E-state index contributed by atoms with van der Waals surface area (Å²) in [4.78, 5) is 4.55. The van der Waals surface area contributed by atoms with Crippen LogP contribution in [0.5, 0.6) is 0 Å². The summed E-state index contributed by atoms with van der Waals surface area (Å²) in [5.74, 6) is 0.874. The lowest BCUT2D eigenvalue weighted by atomic mass is 10.1. The van der Waals surface area contributed by atoms with Crippen LogP contribution in [0.25, 0.3) is 5.65 Å². The minimum atomic E-state index is 0.347. The van der Waals surface area contributed by atoms with E-state index in [0.717, 1.165) is 29.0 Å². The van der Waals surface area contributed by atoms with E-state index in [2.05, 4.69) is 38.3 Å². The standard InChI is InChI=1S/C13H17BrN4O/c1-9(7-10-3-2-6-19-10)16-12-4-5-18-13(17-12)11(14)8-15-18/h4-5,8-10H,2-3,6-7H2,1H3,(H,16,17). The van der Waals surface area contributed by atoms with E-state index in [1.807, 2.05) is 12.3 Å². The molecule has 1 fully saturated rings. The van der Waals surface area contributed by atoms with Crippen LogP contribution in [-0.4, -0.2) is 33.4 Å². The third-order valence-electron chi connectivity index (χ3n) is 3.36. The quantitative estimate of drug-likeness (QED) is 0.939. The predicted molar refractivity (Wildman–Crippen MR) is 77.4 cm³/mol. The Kier molecular flexibility index (Phi) is 3.70. The summed E-state index contributed by atoms with van der Waals surface area (Å²) in [7, 11) is 0. The summed E-state index contributed by atoms with van der Waals surface area (Å²) in [6, 6.07) is 2.29. The number of ether oxygens (including phenoxy) is 1. The van der Waals surface area contributed by atoms with Gasteiger partial charge in [-0.15, -0.1) is 0 Å². The molecule has 2 atom stereocenters. The fourth-order valence-electron chi connectivity index (χ4n) is 2.46. The molecule has 19 heavy (non-hydrogen) atoms. The van der Waals surface area contributed by atoms with Crippen LogP contribution in [-0.2, 0) is 4.74 Å². The normalized spacial score (nSPS) is 20.8. The number of hydrogen-bond donors (Lipinski definition) is 1. The first kappa shape index (κ1) is 12.9. The van der Waals surface area contributed by atoms with E-state index in [9.17, 15) is 0 Å². The van der Waals surface area contributed by atoms with E-state index >= 15 is 0 Å². The molecule has 1 aliphatic heterocycles. The highest BCUT2D eigenvalue weighted by Gasteiger charge is 2.18. The molecule has 2 aromatic heterocycles. The van der Waals surface area contributed by atoms with Crippen LogP contribution >= 0.6 is 15.9 Å². The van der Waals surface area contributed by atoms with E-state index in [1.54, 1.807) is 10.7 Å². The lowest BCUT2D eigenvalue weighted by Gasteiger charge is -2.18. The van der Waals surface area contributed by atoms with Gasteiger partial charge in [0, 0.05) is 18.8 Å². The first-order valence-corrected chi connectivity index (χ1v) is 7.40. The molecule has 102 valence electrons. The monoisotopic (exact) mass is 324 g/mol. The highest BCUT2D eigenvalue weighted by atomic mass is 79.9. The van der Waals surface area contributed by atoms with Crippen LogP contribution in [0.1, 0.15) is 26.2 Å². The zero-order chi connectivity index (χ0) is 13.2. The molecule has 3 heterocycles. The molecular formula is C13H17BrN4O. The summed E-state index contributed by atoms with van der Waals surface area (Å²) < 4.78 is 8.31. The number of rotatable bonds is 4. The average Bonchev–Trinajstić information content (AvgIpc) is 3.00. The molecule has 2 aromatic rings. The molecule has 0 amide bonds. The van der Waals surface area contributed by atoms with Crippen molar-refractivity contribution in [3.05, 3.63) is 22.9 Å². The van der Waals surface area contributed by atoms with Crippen LogP contribution in [0.15, 0.2) is 22.9 Å². The highest BCUT2D eigenvalue weighted by molar-refractivity contribution is 9.10. The van der Waals surface area contributed by atoms with Crippen LogP contribution in [0.4, 0.5) is 5.82 Å². The maximum absolute atomic E-state index is 5.66. The van der Waals surface area contributed by atoms with E-state index in [1.165, 1.54) is 12.8 Å². The first-order chi connectivity index (χ1) is 9.22. The molecule has 0 radical (unpaired) electrons. The highest BCUT2D eigenvalue weighted by Crippen LogP contribution is 2.20. The average molecular weight is 325 g/mol. The Labute approximate surface area is 120 Å². The molecule has 3 rings (SSSR count). The Morgan fingerprint density at radius 3 is 3.32 bits per heavy atom. The minimum absolute atomic E-state index is 0.347. The molecule has 6 heteroatoms. The van der Waals surface area contributed by atoms with Gasteiger partial charge in [0.2, 0.25) is 0 Å². The minimum Gasteiger partial charge on any atom is -0.378 e. The van der Waals surface area contributed by atoms with Crippen LogP contribution in [0, 0.1) is 0 Å². The zero-order valence-electron chi connectivity index (χ0n) is 10.8. The van der Waals surface area contributed by atoms with Gasteiger partial charge in [-0.05, 0) is 48.2 Å². The van der Waals surface area contributed by atoms with Crippen molar-refractivity contribution in [1.82, 2.24) is 14.6 Å². The lowest BCUT2D eigenvalue weighted by molar-refractivity contribution is 0.101.